The second kappa shape index (κ2) is 16.6. The summed E-state index contributed by atoms with van der Waals surface area (Å²) in [5.74, 6) is -3.57. The van der Waals surface area contributed by atoms with Gasteiger partial charge >= 0.3 is 12.1 Å². The van der Waals surface area contributed by atoms with Crippen LogP contribution in [0.1, 0.15) is 64.0 Å². The van der Waals surface area contributed by atoms with E-state index in [0.29, 0.717) is 18.7 Å². The topological polar surface area (TPSA) is 151 Å². The number of carbonyl (C=O) groups excluding carboxylic acids is 3. The second-order valence-electron chi connectivity index (χ2n) is 12.4. The normalized spacial score (nSPS) is 16.5. The summed E-state index contributed by atoms with van der Waals surface area (Å²) in [6.45, 7) is 6.08. The van der Waals surface area contributed by atoms with Gasteiger partial charge in [-0.1, -0.05) is 77.7 Å². The molecule has 1 heterocycles. The molecule has 1 atom stereocenters. The molecule has 10 nitrogen and oxygen atoms in total. The molecule has 0 radical (unpaired) electrons. The maximum absolute atomic E-state index is 14.1. The van der Waals surface area contributed by atoms with E-state index in [1.54, 1.807) is 18.7 Å². The number of carbonyl (C=O) groups is 4. The molecular weight excluding hydrogens is 697 g/mol. The van der Waals surface area contributed by atoms with Crippen molar-refractivity contribution in [2.75, 3.05) is 19.7 Å². The van der Waals surface area contributed by atoms with Gasteiger partial charge in [0.15, 0.2) is 0 Å². The summed E-state index contributed by atoms with van der Waals surface area (Å²) in [4.78, 5) is 51.0. The van der Waals surface area contributed by atoms with E-state index in [0.717, 1.165) is 53.3 Å². The van der Waals surface area contributed by atoms with Crippen molar-refractivity contribution in [1.82, 2.24) is 15.5 Å². The first kappa shape index (κ1) is 38.7. The van der Waals surface area contributed by atoms with Crippen LogP contribution in [0, 0.1) is 0 Å². The molecule has 4 rings (SSSR count). The van der Waals surface area contributed by atoms with E-state index in [9.17, 15) is 27.6 Å². The Morgan fingerprint density at radius 1 is 1.06 bits per heavy atom. The van der Waals surface area contributed by atoms with Gasteiger partial charge in [-0.15, -0.1) is 0 Å². The van der Waals surface area contributed by atoms with E-state index in [1.807, 2.05) is 61.5 Å². The van der Waals surface area contributed by atoms with Gasteiger partial charge in [-0.25, -0.2) is 4.79 Å². The monoisotopic (exact) mass is 738 g/mol. The summed E-state index contributed by atoms with van der Waals surface area (Å²) in [6, 6.07) is 16.4. The number of rotatable bonds is 11. The summed E-state index contributed by atoms with van der Waals surface area (Å²) in [5, 5.41) is 13.3. The third-order valence-electron chi connectivity index (χ3n) is 8.17. The molecule has 2 aromatic rings. The van der Waals surface area contributed by atoms with Crippen LogP contribution < -0.4 is 16.4 Å². The number of nitrogens with two attached hydrogens (primary N) is 1. The summed E-state index contributed by atoms with van der Waals surface area (Å²) < 4.78 is 38.6. The fraction of sp³-hybridized carbons (Fsp3) is 0.471. The number of carboxylic acids is 1. The lowest BCUT2D eigenvalue weighted by atomic mass is 9.76. The summed E-state index contributed by atoms with van der Waals surface area (Å²) in [6.07, 6.45) is -0.274. The number of hydrogen-bond acceptors (Lipinski definition) is 6. The Bertz CT molecular complexity index is 1470. The van der Waals surface area contributed by atoms with E-state index in [-0.39, 0.29) is 25.0 Å². The van der Waals surface area contributed by atoms with Gasteiger partial charge in [-0.2, -0.15) is 13.2 Å². The Hall–Kier alpha value is -3.75. The van der Waals surface area contributed by atoms with Crippen LogP contribution in [0.5, 0.6) is 0 Å². The molecule has 14 heteroatoms. The van der Waals surface area contributed by atoms with Crippen molar-refractivity contribution in [3.05, 3.63) is 75.8 Å². The fourth-order valence-corrected chi connectivity index (χ4v) is 5.87. The van der Waals surface area contributed by atoms with E-state index in [4.69, 9.17) is 20.4 Å². The van der Waals surface area contributed by atoms with Crippen molar-refractivity contribution in [2.24, 2.45) is 5.73 Å². The van der Waals surface area contributed by atoms with Gasteiger partial charge in [0, 0.05) is 23.1 Å². The molecule has 1 fully saturated rings. The molecule has 1 aliphatic carbocycles. The molecule has 1 aliphatic heterocycles. The molecule has 0 bridgehead atoms. The molecule has 48 heavy (non-hydrogen) atoms. The fourth-order valence-electron chi connectivity index (χ4n) is 5.61. The molecule has 3 amide bonds. The molecule has 0 unspecified atom stereocenters. The van der Waals surface area contributed by atoms with Gasteiger partial charge in [-0.3, -0.25) is 14.4 Å². The smallest absolute Gasteiger partial charge is 0.475 e. The first-order valence-corrected chi connectivity index (χ1v) is 16.4. The minimum absolute atomic E-state index is 0.00696. The van der Waals surface area contributed by atoms with Crippen LogP contribution in [-0.2, 0) is 30.5 Å². The zero-order valence-corrected chi connectivity index (χ0v) is 28.7. The van der Waals surface area contributed by atoms with Crippen LogP contribution in [0.4, 0.5) is 13.2 Å². The predicted octanol–water partition coefficient (Wildman–Crippen LogP) is 4.96. The highest BCUT2D eigenvalue weighted by Crippen LogP contribution is 2.43. The SMILES string of the molecule is CCN(CC1=C(c2ccc(Br)cc2)C(=O)NC12CCCCC2)C(=O)[C@@H](COCc1ccccc1)NC(=O)C(C)(C)N.O=C(O)C(F)(F)F. The van der Waals surface area contributed by atoms with Crippen molar-refractivity contribution >= 4 is 45.2 Å². The van der Waals surface area contributed by atoms with Gasteiger partial charge in [0.25, 0.3) is 5.91 Å². The molecule has 2 aromatic carbocycles. The minimum Gasteiger partial charge on any atom is -0.475 e. The van der Waals surface area contributed by atoms with E-state index < -0.39 is 35.2 Å². The molecule has 0 saturated heterocycles. The number of aliphatic carboxylic acids is 1. The molecule has 1 saturated carbocycles. The Balaban J connectivity index is 0.000000804. The molecular formula is C34H42BrF3N4O6. The van der Waals surface area contributed by atoms with Gasteiger partial charge in [0.1, 0.15) is 6.04 Å². The van der Waals surface area contributed by atoms with E-state index in [1.165, 1.54) is 0 Å². The molecule has 1 spiro atoms. The second-order valence-corrected chi connectivity index (χ2v) is 13.3. The third kappa shape index (κ3) is 10.4. The molecule has 262 valence electrons. The summed E-state index contributed by atoms with van der Waals surface area (Å²) in [5.41, 5.74) is 7.78. The Morgan fingerprint density at radius 3 is 2.17 bits per heavy atom. The van der Waals surface area contributed by atoms with Gasteiger partial charge < -0.3 is 31.1 Å². The van der Waals surface area contributed by atoms with Gasteiger partial charge in [0.05, 0.1) is 24.3 Å². The lowest BCUT2D eigenvalue weighted by Crippen LogP contribution is -2.58. The molecule has 2 aliphatic rings. The number of halogens is 4. The van der Waals surface area contributed by atoms with Crippen molar-refractivity contribution < 1.29 is 42.2 Å². The number of likely N-dealkylation sites (N-methyl/N-ethyl adjacent to an activating group) is 1. The Kier molecular flexibility index (Phi) is 13.4. The van der Waals surface area contributed by atoms with Crippen LogP contribution in [0.2, 0.25) is 0 Å². The lowest BCUT2D eigenvalue weighted by Gasteiger charge is -2.38. The summed E-state index contributed by atoms with van der Waals surface area (Å²) >= 11 is 3.48. The van der Waals surface area contributed by atoms with Crippen molar-refractivity contribution in [2.45, 2.75) is 82.8 Å². The van der Waals surface area contributed by atoms with Crippen molar-refractivity contribution in [3.63, 3.8) is 0 Å². The maximum Gasteiger partial charge on any atom is 0.490 e. The third-order valence-corrected chi connectivity index (χ3v) is 8.70. The standard InChI is InChI=1S/C32H41BrN4O4.C2HF3O2/c1-4-37(29(39)26(35-30(40)31(2,3)34)21-41-20-22-11-7-5-8-12-22)19-25-27(23-13-15-24(33)16-14-23)28(38)36-32(25)17-9-6-10-18-32;3-2(4,5)1(6)7/h5,7-8,11-16,26H,4,6,9-10,17-21,34H2,1-3H3,(H,35,40)(H,36,38);(H,6,7)/t26-;/m1./s1. The van der Waals surface area contributed by atoms with Gasteiger partial charge in [0.2, 0.25) is 11.8 Å². The average Bonchev–Trinajstić information content (AvgIpc) is 3.28. The highest BCUT2D eigenvalue weighted by atomic mass is 79.9. The zero-order valence-electron chi connectivity index (χ0n) is 27.2. The van der Waals surface area contributed by atoms with Crippen molar-refractivity contribution in [1.29, 1.82) is 0 Å². The predicted molar refractivity (Wildman–Crippen MR) is 177 cm³/mol. The van der Waals surface area contributed by atoms with Crippen LogP contribution in [0.3, 0.4) is 0 Å². The van der Waals surface area contributed by atoms with Gasteiger partial charge in [-0.05, 0) is 62.4 Å². The number of amides is 3. The Morgan fingerprint density at radius 2 is 1.65 bits per heavy atom. The number of hydrogen-bond donors (Lipinski definition) is 4. The number of nitrogens with one attached hydrogen (secondary N) is 2. The first-order chi connectivity index (χ1) is 22.5. The number of alkyl halides is 3. The zero-order chi connectivity index (χ0) is 35.7. The van der Waals surface area contributed by atoms with E-state index in [2.05, 4.69) is 26.6 Å². The largest absolute Gasteiger partial charge is 0.490 e. The van der Waals surface area contributed by atoms with Crippen LogP contribution in [-0.4, -0.2) is 76.7 Å². The minimum atomic E-state index is -5.08. The highest BCUT2D eigenvalue weighted by molar-refractivity contribution is 9.10. The number of ether oxygens (including phenoxy) is 1. The van der Waals surface area contributed by atoms with Crippen molar-refractivity contribution in [3.8, 4) is 0 Å². The van der Waals surface area contributed by atoms with Crippen LogP contribution >= 0.6 is 15.9 Å². The molecule has 0 aromatic heterocycles. The lowest BCUT2D eigenvalue weighted by molar-refractivity contribution is -0.192. The van der Waals surface area contributed by atoms with Crippen LogP contribution in [0.15, 0.2) is 64.6 Å². The quantitative estimate of drug-likeness (QED) is 0.255. The Labute approximate surface area is 286 Å². The average molecular weight is 740 g/mol. The number of carboxylic acid groups (broad SMARTS) is 1. The summed E-state index contributed by atoms with van der Waals surface area (Å²) in [7, 11) is 0. The maximum atomic E-state index is 14.1. The highest BCUT2D eigenvalue weighted by Gasteiger charge is 2.46. The molecule has 5 N–H and O–H groups in total. The number of benzene rings is 2. The first-order valence-electron chi connectivity index (χ1n) is 15.6. The number of nitrogens with zero attached hydrogens (tertiary/aromatic N) is 1. The van der Waals surface area contributed by atoms with E-state index >= 15 is 0 Å². The van der Waals surface area contributed by atoms with Crippen LogP contribution in [0.25, 0.3) is 5.57 Å².